The van der Waals surface area contributed by atoms with Crippen LogP contribution in [-0.4, -0.2) is 17.9 Å². The zero-order chi connectivity index (χ0) is 6.99. The van der Waals surface area contributed by atoms with Crippen molar-refractivity contribution in [3.8, 4) is 0 Å². The third kappa shape index (κ3) is 20.8. The lowest BCUT2D eigenvalue weighted by Crippen LogP contribution is -1.83. The summed E-state index contributed by atoms with van der Waals surface area (Å²) in [4.78, 5) is 17.5. The Labute approximate surface area is 47.6 Å². The van der Waals surface area contributed by atoms with E-state index in [2.05, 4.69) is 0 Å². The van der Waals surface area contributed by atoms with Gasteiger partial charge in [0.25, 0.3) is 0 Å². The fraction of sp³-hybridized carbons (Fsp3) is 0.200. The van der Waals surface area contributed by atoms with Gasteiger partial charge in [-0.2, -0.15) is 0 Å². The molecule has 0 aromatic rings. The number of allylic oxidation sites excluding steroid dienone is 1. The van der Waals surface area contributed by atoms with E-state index in [4.69, 9.17) is 9.90 Å². The Kier molecular flexibility index (Phi) is 11.6. The maximum Gasteiger partial charge on any atom is 0.327 e. The van der Waals surface area contributed by atoms with Crippen molar-refractivity contribution in [3.63, 3.8) is 0 Å². The minimum atomic E-state index is -0.891. The summed E-state index contributed by atoms with van der Waals surface area (Å²) in [5, 5.41) is 7.83. The van der Waals surface area contributed by atoms with Crippen LogP contribution in [0.1, 0.15) is 6.92 Å². The van der Waals surface area contributed by atoms with E-state index in [0.29, 0.717) is 0 Å². The molecule has 0 aliphatic rings. The Morgan fingerprint density at radius 1 is 1.62 bits per heavy atom. The highest BCUT2D eigenvalue weighted by atomic mass is 16.4. The maximum absolute atomic E-state index is 9.51. The van der Waals surface area contributed by atoms with Crippen LogP contribution >= 0.6 is 0 Å². The Bertz CT molecular complexity index is 85.7. The van der Waals surface area contributed by atoms with Gasteiger partial charge in [-0.05, 0) is 6.92 Å². The first-order valence-electron chi connectivity index (χ1n) is 1.92. The van der Waals surface area contributed by atoms with Crippen LogP contribution in [0.15, 0.2) is 12.2 Å². The molecule has 0 bridgehead atoms. The largest absolute Gasteiger partial charge is 0.478 e. The monoisotopic (exact) mass is 116 g/mol. The first-order chi connectivity index (χ1) is 3.77. The number of hydrogen-bond donors (Lipinski definition) is 1. The molecular weight excluding hydrogens is 108 g/mol. The van der Waals surface area contributed by atoms with Gasteiger partial charge in [0, 0.05) is 6.08 Å². The SMILES string of the molecule is C/C=C\C(=O)O.C=O. The van der Waals surface area contributed by atoms with Gasteiger partial charge in [-0.25, -0.2) is 4.79 Å². The summed E-state index contributed by atoms with van der Waals surface area (Å²) in [6.07, 6.45) is 2.56. The molecule has 0 aliphatic carbocycles. The van der Waals surface area contributed by atoms with Crippen LogP contribution in [0.2, 0.25) is 0 Å². The fourth-order valence-electron chi connectivity index (χ4n) is 0.143. The summed E-state index contributed by atoms with van der Waals surface area (Å²) in [5.41, 5.74) is 0. The summed E-state index contributed by atoms with van der Waals surface area (Å²) in [6, 6.07) is 0. The van der Waals surface area contributed by atoms with Crippen molar-refractivity contribution in [3.05, 3.63) is 12.2 Å². The van der Waals surface area contributed by atoms with Crippen LogP contribution in [0.3, 0.4) is 0 Å². The zero-order valence-corrected chi connectivity index (χ0v) is 4.63. The van der Waals surface area contributed by atoms with E-state index >= 15 is 0 Å². The van der Waals surface area contributed by atoms with Crippen LogP contribution in [0.25, 0.3) is 0 Å². The van der Waals surface area contributed by atoms with Gasteiger partial charge in [0.2, 0.25) is 0 Å². The van der Waals surface area contributed by atoms with E-state index in [1.54, 1.807) is 6.92 Å². The maximum atomic E-state index is 9.51. The van der Waals surface area contributed by atoms with Crippen molar-refractivity contribution >= 4 is 12.8 Å². The third-order valence-corrected chi connectivity index (χ3v) is 0.309. The Morgan fingerprint density at radius 2 is 2.00 bits per heavy atom. The van der Waals surface area contributed by atoms with Gasteiger partial charge in [-0.3, -0.25) is 0 Å². The molecule has 0 unspecified atom stereocenters. The summed E-state index contributed by atoms with van der Waals surface area (Å²) in [7, 11) is 0. The molecule has 0 heterocycles. The van der Waals surface area contributed by atoms with Crippen molar-refractivity contribution < 1.29 is 14.7 Å². The number of carboxylic acids is 1. The van der Waals surface area contributed by atoms with Crippen molar-refractivity contribution in [2.75, 3.05) is 0 Å². The number of rotatable bonds is 1. The molecule has 0 aliphatic heterocycles. The molecule has 0 atom stereocenters. The molecule has 0 aromatic heterocycles. The van der Waals surface area contributed by atoms with Crippen molar-refractivity contribution in [2.45, 2.75) is 6.92 Å². The van der Waals surface area contributed by atoms with Gasteiger partial charge in [-0.15, -0.1) is 0 Å². The van der Waals surface area contributed by atoms with E-state index in [9.17, 15) is 4.79 Å². The van der Waals surface area contributed by atoms with Gasteiger partial charge in [-0.1, -0.05) is 6.08 Å². The molecule has 0 fully saturated rings. The molecule has 0 radical (unpaired) electrons. The van der Waals surface area contributed by atoms with E-state index in [1.807, 2.05) is 6.79 Å². The van der Waals surface area contributed by atoms with Crippen molar-refractivity contribution in [1.82, 2.24) is 0 Å². The molecule has 0 rings (SSSR count). The molecule has 0 saturated heterocycles. The highest BCUT2D eigenvalue weighted by molar-refractivity contribution is 5.79. The predicted octanol–water partition coefficient (Wildman–Crippen LogP) is 0.462. The van der Waals surface area contributed by atoms with E-state index in [-0.39, 0.29) is 0 Å². The molecule has 0 amide bonds. The Hall–Kier alpha value is -1.12. The van der Waals surface area contributed by atoms with Crippen molar-refractivity contribution in [2.24, 2.45) is 0 Å². The topological polar surface area (TPSA) is 54.4 Å². The van der Waals surface area contributed by atoms with Gasteiger partial charge >= 0.3 is 5.97 Å². The molecule has 46 valence electrons. The van der Waals surface area contributed by atoms with E-state index < -0.39 is 5.97 Å². The van der Waals surface area contributed by atoms with Gasteiger partial charge in [0.15, 0.2) is 0 Å². The normalized spacial score (nSPS) is 7.62. The van der Waals surface area contributed by atoms with Gasteiger partial charge in [0.05, 0.1) is 0 Å². The molecule has 0 spiro atoms. The summed E-state index contributed by atoms with van der Waals surface area (Å²) in [5.74, 6) is -0.891. The third-order valence-electron chi connectivity index (χ3n) is 0.309. The van der Waals surface area contributed by atoms with Crippen LogP contribution in [-0.2, 0) is 9.59 Å². The quantitative estimate of drug-likeness (QED) is 0.506. The molecular formula is C5H8O3. The van der Waals surface area contributed by atoms with E-state index in [0.717, 1.165) is 6.08 Å². The van der Waals surface area contributed by atoms with Crippen molar-refractivity contribution in [1.29, 1.82) is 0 Å². The highest BCUT2D eigenvalue weighted by Crippen LogP contribution is 1.65. The molecule has 8 heavy (non-hydrogen) atoms. The number of carbonyl (C=O) groups excluding carboxylic acids is 1. The van der Waals surface area contributed by atoms with Crippen LogP contribution in [0, 0.1) is 0 Å². The molecule has 3 heteroatoms. The molecule has 3 nitrogen and oxygen atoms in total. The minimum Gasteiger partial charge on any atom is -0.478 e. The molecule has 0 aromatic carbocycles. The second kappa shape index (κ2) is 9.30. The predicted molar refractivity (Wildman–Crippen MR) is 29.6 cm³/mol. The average Bonchev–Trinajstić information content (AvgIpc) is 1.72. The lowest BCUT2D eigenvalue weighted by molar-refractivity contribution is -0.131. The van der Waals surface area contributed by atoms with Gasteiger partial charge < -0.3 is 9.90 Å². The lowest BCUT2D eigenvalue weighted by Gasteiger charge is -1.68. The molecule has 0 saturated carbocycles. The van der Waals surface area contributed by atoms with E-state index in [1.165, 1.54) is 6.08 Å². The number of hydrogen-bond acceptors (Lipinski definition) is 2. The Balaban J connectivity index is 0. The fourth-order valence-corrected chi connectivity index (χ4v) is 0.143. The summed E-state index contributed by atoms with van der Waals surface area (Å²) >= 11 is 0. The van der Waals surface area contributed by atoms with Crippen LogP contribution in [0.5, 0.6) is 0 Å². The number of aliphatic carboxylic acids is 1. The number of carbonyl (C=O) groups is 2. The smallest absolute Gasteiger partial charge is 0.327 e. The average molecular weight is 116 g/mol. The van der Waals surface area contributed by atoms with Crippen LogP contribution in [0.4, 0.5) is 0 Å². The minimum absolute atomic E-state index is 0.891. The van der Waals surface area contributed by atoms with Crippen LogP contribution < -0.4 is 0 Å². The highest BCUT2D eigenvalue weighted by Gasteiger charge is 1.76. The first-order valence-corrected chi connectivity index (χ1v) is 1.92. The molecule has 1 N–H and O–H groups in total. The number of carboxylic acid groups (broad SMARTS) is 1. The second-order valence-electron chi connectivity index (χ2n) is 0.838. The zero-order valence-electron chi connectivity index (χ0n) is 4.63. The Morgan fingerprint density at radius 3 is 2.00 bits per heavy atom. The standard InChI is InChI=1S/C4H6O2.CH2O/c1-2-3-4(5)6;1-2/h2-3H,1H3,(H,5,6);1H2/b3-2-;. The summed E-state index contributed by atoms with van der Waals surface area (Å²) in [6.45, 7) is 3.66. The summed E-state index contributed by atoms with van der Waals surface area (Å²) < 4.78 is 0. The lowest BCUT2D eigenvalue weighted by atomic mass is 10.5. The van der Waals surface area contributed by atoms with Gasteiger partial charge in [0.1, 0.15) is 6.79 Å². The second-order valence-corrected chi connectivity index (χ2v) is 0.838. The first kappa shape index (κ1) is 9.99.